The first-order valence-electron chi connectivity index (χ1n) is 4.62. The maximum atomic E-state index is 11.6. The second-order valence-corrected chi connectivity index (χ2v) is 3.42. The normalized spacial score (nSPS) is 28.8. The van der Waals surface area contributed by atoms with E-state index in [9.17, 15) is 9.59 Å². The van der Waals surface area contributed by atoms with E-state index in [1.807, 2.05) is 0 Å². The lowest BCUT2D eigenvalue weighted by Gasteiger charge is -2.25. The molecule has 4 N–H and O–H groups in total. The summed E-state index contributed by atoms with van der Waals surface area (Å²) < 4.78 is 0. The second-order valence-electron chi connectivity index (χ2n) is 3.42. The van der Waals surface area contributed by atoms with Gasteiger partial charge in [-0.25, -0.2) is 9.59 Å². The van der Waals surface area contributed by atoms with Crippen molar-refractivity contribution in [2.75, 3.05) is 20.2 Å². The number of nitrogens with zero attached hydrogens (tertiary/aromatic N) is 3. The molecule has 16 heavy (non-hydrogen) atoms. The highest BCUT2D eigenvalue weighted by Gasteiger charge is 2.54. The van der Waals surface area contributed by atoms with Gasteiger partial charge in [0.25, 0.3) is 0 Å². The molecule has 2 aliphatic rings. The summed E-state index contributed by atoms with van der Waals surface area (Å²) in [4.78, 5) is 26.0. The lowest BCUT2D eigenvalue weighted by atomic mass is 10.4. The molecule has 2 heterocycles. The van der Waals surface area contributed by atoms with Crippen molar-refractivity contribution in [1.82, 2.24) is 20.0 Å². The topological polar surface area (TPSA) is 117 Å². The minimum atomic E-state index is -0.804. The summed E-state index contributed by atoms with van der Waals surface area (Å²) in [6, 6.07) is -1.15. The molecule has 0 aromatic heterocycles. The van der Waals surface area contributed by atoms with Gasteiger partial charge in [-0.2, -0.15) is 0 Å². The van der Waals surface area contributed by atoms with Gasteiger partial charge in [-0.05, 0) is 0 Å². The number of carbonyl (C=O) groups is 2. The van der Waals surface area contributed by atoms with Crippen LogP contribution in [0.2, 0.25) is 0 Å². The van der Waals surface area contributed by atoms with Crippen molar-refractivity contribution >= 4 is 12.1 Å². The summed E-state index contributed by atoms with van der Waals surface area (Å²) in [7, 11) is 0. The van der Waals surface area contributed by atoms with Gasteiger partial charge < -0.3 is 20.6 Å². The average molecular weight is 232 g/mol. The minimum Gasteiger partial charge on any atom is -0.376 e. The first kappa shape index (κ1) is 10.9. The van der Waals surface area contributed by atoms with E-state index < -0.39 is 44.6 Å². The van der Waals surface area contributed by atoms with Gasteiger partial charge in [0.05, 0.1) is 0 Å². The number of nitrogens with one attached hydrogen (secondary N) is 1. The smallest absolute Gasteiger partial charge is 0.327 e. The first-order chi connectivity index (χ1) is 7.65. The standard InChI is InChI=1S/C7H12N4O5/c12-1-9-4-5(11(3-14)7(9)16)10(2-13)6(15)8-4/h4-5,12-14H,1-3H2,(H,8,15)/t4-,5-/m1/s1. The Hall–Kier alpha value is -1.58. The van der Waals surface area contributed by atoms with Crippen LogP contribution in [0, 0.1) is 0 Å². The number of aliphatic hydroxyl groups is 3. The van der Waals surface area contributed by atoms with Crippen LogP contribution in [-0.2, 0) is 0 Å². The fourth-order valence-electron chi connectivity index (χ4n) is 1.99. The zero-order valence-corrected chi connectivity index (χ0v) is 8.28. The summed E-state index contributed by atoms with van der Waals surface area (Å²) in [5.41, 5.74) is 0. The number of fused-ring (bicyclic) bond motifs is 1. The molecule has 0 aromatic carbocycles. The summed E-state index contributed by atoms with van der Waals surface area (Å²) in [6.07, 6.45) is -1.56. The third-order valence-electron chi connectivity index (χ3n) is 2.74. The quantitative estimate of drug-likeness (QED) is 0.421. The Labute approximate surface area is 90.5 Å². The third-order valence-corrected chi connectivity index (χ3v) is 2.74. The Kier molecular flexibility index (Phi) is 2.58. The van der Waals surface area contributed by atoms with Crippen LogP contribution in [0.1, 0.15) is 0 Å². The van der Waals surface area contributed by atoms with Gasteiger partial charge in [0, 0.05) is 0 Å². The molecule has 2 saturated heterocycles. The van der Waals surface area contributed by atoms with Crippen LogP contribution >= 0.6 is 0 Å². The molecule has 9 nitrogen and oxygen atoms in total. The molecule has 2 aliphatic heterocycles. The molecule has 0 saturated carbocycles. The SMILES string of the molecule is O=C1N[C@H]2[C@H](N1CO)N(CO)C(=O)N2CO. The molecule has 2 rings (SSSR count). The van der Waals surface area contributed by atoms with Crippen molar-refractivity contribution in [2.24, 2.45) is 0 Å². The van der Waals surface area contributed by atoms with E-state index in [-0.39, 0.29) is 0 Å². The highest BCUT2D eigenvalue weighted by atomic mass is 16.3. The van der Waals surface area contributed by atoms with Gasteiger partial charge in [-0.1, -0.05) is 0 Å². The van der Waals surface area contributed by atoms with Crippen molar-refractivity contribution < 1.29 is 24.9 Å². The van der Waals surface area contributed by atoms with E-state index in [0.29, 0.717) is 0 Å². The molecule has 0 unspecified atom stereocenters. The van der Waals surface area contributed by atoms with E-state index in [2.05, 4.69) is 5.32 Å². The number of hydrogen-bond donors (Lipinski definition) is 4. The fraction of sp³-hybridized carbons (Fsp3) is 0.714. The highest BCUT2D eigenvalue weighted by molar-refractivity contribution is 5.84. The van der Waals surface area contributed by atoms with Crippen molar-refractivity contribution in [1.29, 1.82) is 0 Å². The van der Waals surface area contributed by atoms with Crippen LogP contribution in [0.3, 0.4) is 0 Å². The first-order valence-corrected chi connectivity index (χ1v) is 4.62. The van der Waals surface area contributed by atoms with Gasteiger partial charge in [0.1, 0.15) is 26.4 Å². The Morgan fingerprint density at radius 2 is 1.56 bits per heavy atom. The predicted octanol–water partition coefficient (Wildman–Crippen LogP) is -2.75. The number of rotatable bonds is 3. The Balaban J connectivity index is 2.31. The molecule has 0 aromatic rings. The number of amides is 4. The summed E-state index contributed by atoms with van der Waals surface area (Å²) in [6.45, 7) is -1.74. The molecule has 0 bridgehead atoms. The van der Waals surface area contributed by atoms with Crippen molar-refractivity contribution in [2.45, 2.75) is 12.3 Å². The molecule has 2 fully saturated rings. The lowest BCUT2D eigenvalue weighted by Crippen LogP contribution is -2.47. The van der Waals surface area contributed by atoms with Crippen LogP contribution in [0.25, 0.3) is 0 Å². The van der Waals surface area contributed by atoms with Crippen molar-refractivity contribution in [3.05, 3.63) is 0 Å². The molecule has 0 radical (unpaired) electrons. The number of carbonyl (C=O) groups excluding carboxylic acids is 2. The molecule has 2 atom stereocenters. The lowest BCUT2D eigenvalue weighted by molar-refractivity contribution is 0.0260. The molecule has 90 valence electrons. The van der Waals surface area contributed by atoms with Gasteiger partial charge >= 0.3 is 12.1 Å². The summed E-state index contributed by atoms with van der Waals surface area (Å²) in [5, 5.41) is 29.5. The van der Waals surface area contributed by atoms with Crippen LogP contribution in [-0.4, -0.2) is 74.6 Å². The average Bonchev–Trinajstić information content (AvgIpc) is 2.70. The minimum absolute atomic E-state index is 0.554. The van der Waals surface area contributed by atoms with Gasteiger partial charge in [-0.3, -0.25) is 14.7 Å². The zero-order valence-electron chi connectivity index (χ0n) is 8.28. The number of aliphatic hydroxyl groups excluding tert-OH is 3. The van der Waals surface area contributed by atoms with Crippen LogP contribution in [0.5, 0.6) is 0 Å². The number of urea groups is 2. The van der Waals surface area contributed by atoms with Crippen LogP contribution in [0.4, 0.5) is 9.59 Å². The number of hydrogen-bond acceptors (Lipinski definition) is 5. The van der Waals surface area contributed by atoms with Crippen LogP contribution in [0.15, 0.2) is 0 Å². The third kappa shape index (κ3) is 1.22. The molecular weight excluding hydrogens is 220 g/mol. The molecule has 0 aliphatic carbocycles. The molecular formula is C7H12N4O5. The monoisotopic (exact) mass is 232 g/mol. The predicted molar refractivity (Wildman–Crippen MR) is 48.3 cm³/mol. The highest BCUT2D eigenvalue weighted by Crippen LogP contribution is 2.27. The van der Waals surface area contributed by atoms with E-state index in [4.69, 9.17) is 15.3 Å². The maximum Gasteiger partial charge on any atom is 0.327 e. The Bertz CT molecular complexity index is 322. The second kappa shape index (κ2) is 3.77. The Morgan fingerprint density at radius 3 is 2.06 bits per heavy atom. The fourth-order valence-corrected chi connectivity index (χ4v) is 1.99. The van der Waals surface area contributed by atoms with Crippen LogP contribution < -0.4 is 5.32 Å². The van der Waals surface area contributed by atoms with E-state index in [1.54, 1.807) is 0 Å². The molecule has 9 heteroatoms. The van der Waals surface area contributed by atoms with Gasteiger partial charge in [-0.15, -0.1) is 0 Å². The van der Waals surface area contributed by atoms with Crippen molar-refractivity contribution in [3.63, 3.8) is 0 Å². The largest absolute Gasteiger partial charge is 0.376 e. The Morgan fingerprint density at radius 1 is 1.00 bits per heavy atom. The molecule has 4 amide bonds. The van der Waals surface area contributed by atoms with E-state index >= 15 is 0 Å². The zero-order chi connectivity index (χ0) is 11.9. The van der Waals surface area contributed by atoms with Crippen molar-refractivity contribution in [3.8, 4) is 0 Å². The molecule has 0 spiro atoms. The van der Waals surface area contributed by atoms with E-state index in [1.165, 1.54) is 0 Å². The summed E-state index contributed by atoms with van der Waals surface area (Å²) >= 11 is 0. The van der Waals surface area contributed by atoms with Gasteiger partial charge in [0.15, 0.2) is 6.17 Å². The summed E-state index contributed by atoms with van der Waals surface area (Å²) in [5.74, 6) is 0. The van der Waals surface area contributed by atoms with E-state index in [0.717, 1.165) is 14.7 Å². The maximum absolute atomic E-state index is 11.6. The van der Waals surface area contributed by atoms with Gasteiger partial charge in [0.2, 0.25) is 0 Å².